The Bertz CT molecular complexity index is 1170. The van der Waals surface area contributed by atoms with E-state index in [-0.39, 0.29) is 18.2 Å². The zero-order chi connectivity index (χ0) is 24.1. The third-order valence-corrected chi connectivity index (χ3v) is 5.08. The van der Waals surface area contributed by atoms with Crippen LogP contribution in [0.2, 0.25) is 0 Å². The molecular formula is C24H29FN6O2. The number of pyridine rings is 1. The Morgan fingerprint density at radius 1 is 1.33 bits per heavy atom. The molecule has 0 saturated heterocycles. The lowest BCUT2D eigenvalue weighted by Gasteiger charge is -2.22. The second kappa shape index (κ2) is 10.2. The number of nitrogens with zero attached hydrogens (tertiary/aromatic N) is 3. The summed E-state index contributed by atoms with van der Waals surface area (Å²) in [5, 5.41) is 0. The van der Waals surface area contributed by atoms with Gasteiger partial charge in [-0.2, -0.15) is 0 Å². The summed E-state index contributed by atoms with van der Waals surface area (Å²) in [6, 6.07) is 6.17. The van der Waals surface area contributed by atoms with Crippen LogP contribution in [0.25, 0.3) is 0 Å². The summed E-state index contributed by atoms with van der Waals surface area (Å²) in [6.45, 7) is 6.11. The molecule has 2 heterocycles. The van der Waals surface area contributed by atoms with Gasteiger partial charge in [0.15, 0.2) is 17.5 Å². The fraction of sp³-hybridized carbons (Fsp3) is 0.292. The molecule has 0 saturated carbocycles. The minimum Gasteiger partial charge on any atom is -0.482 e. The number of aliphatic imine (C=N–C) groups is 2. The second-order valence-corrected chi connectivity index (χ2v) is 7.56. The molecular weight excluding hydrogens is 423 g/mol. The van der Waals surface area contributed by atoms with Crippen molar-refractivity contribution < 1.29 is 13.9 Å². The number of benzene rings is 1. The first-order valence-electron chi connectivity index (χ1n) is 10.5. The van der Waals surface area contributed by atoms with Gasteiger partial charge in [-0.05, 0) is 51.1 Å². The number of anilines is 1. The second-order valence-electron chi connectivity index (χ2n) is 7.56. The summed E-state index contributed by atoms with van der Waals surface area (Å²) >= 11 is 0. The molecule has 9 heteroatoms. The summed E-state index contributed by atoms with van der Waals surface area (Å²) in [6.07, 6.45) is 2.76. The normalized spacial score (nSPS) is 19.5. The Kier molecular flexibility index (Phi) is 7.32. The van der Waals surface area contributed by atoms with Crippen LogP contribution in [0.3, 0.4) is 0 Å². The van der Waals surface area contributed by atoms with Gasteiger partial charge in [0.25, 0.3) is 0 Å². The van der Waals surface area contributed by atoms with Crippen LogP contribution >= 0.6 is 0 Å². The molecule has 33 heavy (non-hydrogen) atoms. The molecule has 1 aliphatic heterocycles. The Hall–Kier alpha value is -3.88. The third kappa shape index (κ3) is 5.31. The van der Waals surface area contributed by atoms with Crippen molar-refractivity contribution in [3.05, 3.63) is 76.2 Å². The highest BCUT2D eigenvalue weighted by molar-refractivity contribution is 6.14. The van der Waals surface area contributed by atoms with Crippen LogP contribution < -0.4 is 21.9 Å². The maximum absolute atomic E-state index is 14.2. The number of nitrogens with two attached hydrogens (primary N) is 3. The molecule has 1 atom stereocenters. The SMILES string of the molecule is CCN=C1C(=C(N)OC)CN=C(C=C(C)N)c2ccc(F)cc2[C@@H](C)Oc2cc1cnc2N. The van der Waals surface area contributed by atoms with Crippen LogP contribution in [-0.4, -0.2) is 36.6 Å². The zero-order valence-electron chi connectivity index (χ0n) is 19.2. The van der Waals surface area contributed by atoms with Gasteiger partial charge in [-0.1, -0.05) is 0 Å². The van der Waals surface area contributed by atoms with Crippen molar-refractivity contribution in [2.24, 2.45) is 21.5 Å². The van der Waals surface area contributed by atoms with Gasteiger partial charge in [-0.25, -0.2) is 9.37 Å². The molecule has 1 aromatic carbocycles. The van der Waals surface area contributed by atoms with Crippen LogP contribution in [0, 0.1) is 5.82 Å². The van der Waals surface area contributed by atoms with E-state index in [0.717, 1.165) is 0 Å². The van der Waals surface area contributed by atoms with Gasteiger partial charge in [-0.15, -0.1) is 0 Å². The summed E-state index contributed by atoms with van der Waals surface area (Å²) in [5.41, 5.74) is 22.4. The van der Waals surface area contributed by atoms with Crippen molar-refractivity contribution in [3.8, 4) is 5.75 Å². The van der Waals surface area contributed by atoms with E-state index in [0.29, 0.717) is 51.7 Å². The van der Waals surface area contributed by atoms with E-state index >= 15 is 0 Å². The highest BCUT2D eigenvalue weighted by atomic mass is 19.1. The maximum atomic E-state index is 14.2. The van der Waals surface area contributed by atoms with Gasteiger partial charge in [0.2, 0.25) is 0 Å². The lowest BCUT2D eigenvalue weighted by atomic mass is 9.97. The topological polar surface area (TPSA) is 134 Å². The highest BCUT2D eigenvalue weighted by Crippen LogP contribution is 2.31. The number of fused-ring (bicyclic) bond motifs is 3. The summed E-state index contributed by atoms with van der Waals surface area (Å²) in [4.78, 5) is 13.7. The van der Waals surface area contributed by atoms with E-state index in [2.05, 4.69) is 9.98 Å². The molecule has 0 aliphatic carbocycles. The number of rotatable bonds is 3. The Balaban J connectivity index is 2.36. The van der Waals surface area contributed by atoms with Crippen LogP contribution in [0.5, 0.6) is 5.75 Å². The molecule has 0 fully saturated rings. The standard InChI is InChI=1S/C24H29FN6O2/c1-5-29-22-15-9-21(23(27)31-11-15)33-14(3)18-10-16(25)6-7-17(18)20(8-13(2)26)30-12-19(22)24(28)32-4/h6-11,14H,5,12,26,28H2,1-4H3,(H2,27,31)/t14-/m1/s1. The monoisotopic (exact) mass is 452 g/mol. The minimum absolute atomic E-state index is 0.142. The van der Waals surface area contributed by atoms with Crippen molar-refractivity contribution >= 4 is 17.2 Å². The van der Waals surface area contributed by atoms with Gasteiger partial charge in [0.1, 0.15) is 11.9 Å². The van der Waals surface area contributed by atoms with Gasteiger partial charge in [-0.3, -0.25) is 9.98 Å². The first-order valence-corrected chi connectivity index (χ1v) is 10.5. The average molecular weight is 453 g/mol. The fourth-order valence-corrected chi connectivity index (χ4v) is 3.54. The summed E-state index contributed by atoms with van der Waals surface area (Å²) in [5.74, 6) is 0.320. The molecule has 0 amide bonds. The molecule has 1 aromatic heterocycles. The third-order valence-electron chi connectivity index (χ3n) is 5.08. The Labute approximate surface area is 192 Å². The van der Waals surface area contributed by atoms with E-state index in [1.807, 2.05) is 13.8 Å². The number of hydrogen-bond donors (Lipinski definition) is 3. The molecule has 0 spiro atoms. The molecule has 0 unspecified atom stereocenters. The quantitative estimate of drug-likeness (QED) is 0.612. The Morgan fingerprint density at radius 3 is 2.76 bits per heavy atom. The van der Waals surface area contributed by atoms with E-state index in [4.69, 9.17) is 31.7 Å². The molecule has 2 aromatic rings. The van der Waals surface area contributed by atoms with E-state index in [1.54, 1.807) is 31.3 Å². The average Bonchev–Trinajstić information content (AvgIpc) is 2.78. The van der Waals surface area contributed by atoms with Crippen molar-refractivity contribution in [1.82, 2.24) is 4.98 Å². The van der Waals surface area contributed by atoms with E-state index in [1.165, 1.54) is 19.2 Å². The van der Waals surface area contributed by atoms with Crippen LogP contribution in [0.4, 0.5) is 10.2 Å². The number of nitrogen functional groups attached to an aromatic ring is 1. The van der Waals surface area contributed by atoms with E-state index in [9.17, 15) is 4.39 Å². The van der Waals surface area contributed by atoms with Crippen molar-refractivity contribution in [2.45, 2.75) is 26.9 Å². The van der Waals surface area contributed by atoms with Gasteiger partial charge in [0, 0.05) is 35.1 Å². The van der Waals surface area contributed by atoms with E-state index < -0.39 is 11.9 Å². The van der Waals surface area contributed by atoms with Gasteiger partial charge in [0.05, 0.1) is 30.7 Å². The number of methoxy groups -OCH3 is 1. The highest BCUT2D eigenvalue weighted by Gasteiger charge is 2.22. The molecule has 8 nitrogen and oxygen atoms in total. The predicted octanol–water partition coefficient (Wildman–Crippen LogP) is 3.23. The maximum Gasteiger partial charge on any atom is 0.191 e. The smallest absolute Gasteiger partial charge is 0.191 e. The first-order chi connectivity index (χ1) is 15.7. The van der Waals surface area contributed by atoms with Crippen LogP contribution in [-0.2, 0) is 4.74 Å². The molecule has 3 rings (SSSR count). The number of hydrogen-bond acceptors (Lipinski definition) is 8. The first kappa shape index (κ1) is 23.8. The Morgan fingerprint density at radius 2 is 2.09 bits per heavy atom. The molecule has 6 N–H and O–H groups in total. The lowest BCUT2D eigenvalue weighted by molar-refractivity contribution is 0.227. The molecule has 2 bridgehead atoms. The number of allylic oxidation sites excluding steroid dienone is 2. The van der Waals surface area contributed by atoms with Crippen LogP contribution in [0.1, 0.15) is 43.6 Å². The van der Waals surface area contributed by atoms with Gasteiger partial charge < -0.3 is 26.7 Å². The van der Waals surface area contributed by atoms with Gasteiger partial charge >= 0.3 is 0 Å². The lowest BCUT2D eigenvalue weighted by Crippen LogP contribution is -2.20. The number of ether oxygens (including phenoxy) is 2. The molecule has 0 radical (unpaired) electrons. The summed E-state index contributed by atoms with van der Waals surface area (Å²) < 4.78 is 25.7. The fourth-order valence-electron chi connectivity index (χ4n) is 3.54. The zero-order valence-corrected chi connectivity index (χ0v) is 19.2. The predicted molar refractivity (Wildman–Crippen MR) is 129 cm³/mol. The largest absolute Gasteiger partial charge is 0.482 e. The molecule has 174 valence electrons. The number of halogens is 1. The molecule has 1 aliphatic rings. The van der Waals surface area contributed by atoms with Crippen LogP contribution in [0.15, 0.2) is 63.7 Å². The summed E-state index contributed by atoms with van der Waals surface area (Å²) in [7, 11) is 1.48. The van der Waals surface area contributed by atoms with Crippen molar-refractivity contribution in [2.75, 3.05) is 25.9 Å². The minimum atomic E-state index is -0.559. The van der Waals surface area contributed by atoms with Crippen molar-refractivity contribution in [3.63, 3.8) is 0 Å². The number of aromatic nitrogens is 1. The van der Waals surface area contributed by atoms with Crippen molar-refractivity contribution in [1.29, 1.82) is 0 Å².